The molecule has 1 unspecified atom stereocenters. The first-order valence-electron chi connectivity index (χ1n) is 12.7. The topological polar surface area (TPSA) is 86.8 Å². The van der Waals surface area contributed by atoms with Crippen LogP contribution in [0.25, 0.3) is 0 Å². The van der Waals surface area contributed by atoms with Crippen molar-refractivity contribution in [1.82, 2.24) is 10.2 Å². The van der Waals surface area contributed by atoms with Crippen LogP contribution < -0.4 is 9.62 Å². The zero-order chi connectivity index (χ0) is 28.4. The van der Waals surface area contributed by atoms with Crippen molar-refractivity contribution in [2.45, 2.75) is 38.8 Å². The molecule has 3 rings (SSSR count). The van der Waals surface area contributed by atoms with Crippen LogP contribution >= 0.6 is 15.9 Å². The first kappa shape index (κ1) is 30.3. The van der Waals surface area contributed by atoms with E-state index in [0.29, 0.717) is 12.2 Å². The van der Waals surface area contributed by atoms with E-state index in [1.807, 2.05) is 37.3 Å². The van der Waals surface area contributed by atoms with Crippen molar-refractivity contribution < 1.29 is 22.4 Å². The van der Waals surface area contributed by atoms with Crippen molar-refractivity contribution in [3.8, 4) is 0 Å². The van der Waals surface area contributed by atoms with Gasteiger partial charge in [0.25, 0.3) is 0 Å². The van der Waals surface area contributed by atoms with Gasteiger partial charge in [-0.3, -0.25) is 13.9 Å². The highest BCUT2D eigenvalue weighted by Gasteiger charge is 2.33. The average molecular weight is 619 g/mol. The van der Waals surface area contributed by atoms with Crippen LogP contribution in [-0.4, -0.2) is 50.5 Å². The lowest BCUT2D eigenvalue weighted by atomic mass is 10.0. The molecule has 0 bridgehead atoms. The van der Waals surface area contributed by atoms with Crippen molar-refractivity contribution >= 4 is 43.5 Å². The van der Waals surface area contributed by atoms with E-state index in [1.54, 1.807) is 42.5 Å². The second-order valence-corrected chi connectivity index (χ2v) is 12.0. The van der Waals surface area contributed by atoms with Gasteiger partial charge in [-0.05, 0) is 42.3 Å². The highest BCUT2D eigenvalue weighted by molar-refractivity contribution is 9.10. The Morgan fingerprint density at radius 1 is 0.974 bits per heavy atom. The monoisotopic (exact) mass is 617 g/mol. The Morgan fingerprint density at radius 2 is 1.62 bits per heavy atom. The number of unbranched alkanes of at least 4 members (excludes halogenated alkanes) is 1. The number of benzene rings is 3. The summed E-state index contributed by atoms with van der Waals surface area (Å²) in [6.45, 7) is 1.67. The summed E-state index contributed by atoms with van der Waals surface area (Å²) in [5.74, 6) is -1.53. The summed E-state index contributed by atoms with van der Waals surface area (Å²) < 4.78 is 42.0. The Labute approximate surface area is 238 Å². The van der Waals surface area contributed by atoms with Gasteiger partial charge in [-0.1, -0.05) is 77.8 Å². The number of sulfonamides is 1. The van der Waals surface area contributed by atoms with Crippen molar-refractivity contribution in [2.24, 2.45) is 0 Å². The van der Waals surface area contributed by atoms with Crippen molar-refractivity contribution in [3.63, 3.8) is 0 Å². The van der Waals surface area contributed by atoms with E-state index in [-0.39, 0.29) is 24.4 Å². The minimum atomic E-state index is -3.87. The summed E-state index contributed by atoms with van der Waals surface area (Å²) in [6, 6.07) is 20.8. The number of anilines is 1. The smallest absolute Gasteiger partial charge is 0.244 e. The minimum absolute atomic E-state index is 0.177. The van der Waals surface area contributed by atoms with Crippen molar-refractivity contribution in [1.29, 1.82) is 0 Å². The molecule has 0 saturated heterocycles. The first-order chi connectivity index (χ1) is 18.6. The maximum Gasteiger partial charge on any atom is 0.244 e. The van der Waals surface area contributed by atoms with Gasteiger partial charge in [0.05, 0.1) is 11.9 Å². The fraction of sp³-hybridized carbons (Fsp3) is 0.310. The Kier molecular flexibility index (Phi) is 11.1. The second-order valence-electron chi connectivity index (χ2n) is 9.21. The molecule has 0 spiro atoms. The molecule has 10 heteroatoms. The van der Waals surface area contributed by atoms with Crippen LogP contribution in [-0.2, 0) is 32.6 Å². The third kappa shape index (κ3) is 8.90. The quantitative estimate of drug-likeness (QED) is 0.276. The third-order valence-corrected chi connectivity index (χ3v) is 7.86. The molecule has 0 aliphatic carbocycles. The Hall–Kier alpha value is -3.24. The molecule has 0 heterocycles. The number of nitrogens with zero attached hydrogens (tertiary/aromatic N) is 2. The molecule has 3 aromatic carbocycles. The molecule has 0 saturated carbocycles. The van der Waals surface area contributed by atoms with Crippen LogP contribution in [0.3, 0.4) is 0 Å². The van der Waals surface area contributed by atoms with Crippen LogP contribution in [0, 0.1) is 5.82 Å². The average Bonchev–Trinajstić information content (AvgIpc) is 2.91. The highest BCUT2D eigenvalue weighted by atomic mass is 79.9. The van der Waals surface area contributed by atoms with Gasteiger partial charge >= 0.3 is 0 Å². The lowest BCUT2D eigenvalue weighted by molar-refractivity contribution is -0.140. The summed E-state index contributed by atoms with van der Waals surface area (Å²) in [4.78, 5) is 28.7. The number of hydrogen-bond donors (Lipinski definition) is 1. The normalized spacial score (nSPS) is 12.0. The second kappa shape index (κ2) is 14.2. The molecule has 7 nitrogen and oxygen atoms in total. The van der Waals surface area contributed by atoms with E-state index >= 15 is 0 Å². The molecule has 39 heavy (non-hydrogen) atoms. The summed E-state index contributed by atoms with van der Waals surface area (Å²) in [6.07, 6.45) is 2.83. The molecule has 2 amide bonds. The molecule has 0 aromatic heterocycles. The standard InChI is InChI=1S/C29H33BrFN3O4S/c1-3-4-18-32-29(36)27(19-22-10-6-5-7-11-22)33(20-23-12-8-9-13-26(23)31)28(35)21-34(39(2,37)38)25-16-14-24(30)15-17-25/h5-17,27H,3-4,18-21H2,1-2H3,(H,32,36). The van der Waals surface area contributed by atoms with Gasteiger partial charge in [-0.25, -0.2) is 12.8 Å². The molecule has 0 aliphatic heterocycles. The van der Waals surface area contributed by atoms with Crippen LogP contribution in [0.2, 0.25) is 0 Å². The predicted octanol–water partition coefficient (Wildman–Crippen LogP) is 4.91. The molecule has 208 valence electrons. The molecule has 0 fully saturated rings. The number of nitrogens with one attached hydrogen (secondary N) is 1. The number of hydrogen-bond acceptors (Lipinski definition) is 4. The molecule has 0 radical (unpaired) electrons. The predicted molar refractivity (Wildman–Crippen MR) is 155 cm³/mol. The number of rotatable bonds is 13. The van der Waals surface area contributed by atoms with Crippen LogP contribution in [0.5, 0.6) is 0 Å². The van der Waals surface area contributed by atoms with E-state index in [9.17, 15) is 22.4 Å². The summed E-state index contributed by atoms with van der Waals surface area (Å²) in [5, 5.41) is 2.90. The third-order valence-electron chi connectivity index (χ3n) is 6.19. The number of carbonyl (C=O) groups is 2. The minimum Gasteiger partial charge on any atom is -0.354 e. The number of halogens is 2. The van der Waals surface area contributed by atoms with Crippen molar-refractivity contribution in [2.75, 3.05) is 23.7 Å². The Bertz CT molecular complexity index is 1350. The van der Waals surface area contributed by atoms with Gasteiger partial charge in [0.1, 0.15) is 18.4 Å². The largest absolute Gasteiger partial charge is 0.354 e. The van der Waals surface area contributed by atoms with Gasteiger partial charge in [0, 0.05) is 29.5 Å². The first-order valence-corrected chi connectivity index (χ1v) is 15.3. The molecular weight excluding hydrogens is 585 g/mol. The van der Waals surface area contributed by atoms with E-state index in [4.69, 9.17) is 0 Å². The van der Waals surface area contributed by atoms with Gasteiger partial charge in [-0.2, -0.15) is 0 Å². The Balaban J connectivity index is 2.03. The lowest BCUT2D eigenvalue weighted by Gasteiger charge is -2.33. The SMILES string of the molecule is CCCCNC(=O)C(Cc1ccccc1)N(Cc1ccccc1F)C(=O)CN(c1ccc(Br)cc1)S(C)(=O)=O. The van der Waals surface area contributed by atoms with Gasteiger partial charge in [0.2, 0.25) is 21.8 Å². The molecule has 3 aromatic rings. The number of carbonyl (C=O) groups excluding carboxylic acids is 2. The Morgan fingerprint density at radius 3 is 2.23 bits per heavy atom. The zero-order valence-corrected chi connectivity index (χ0v) is 24.4. The van der Waals surface area contributed by atoms with E-state index in [0.717, 1.165) is 33.4 Å². The van der Waals surface area contributed by atoms with Gasteiger partial charge < -0.3 is 10.2 Å². The molecular formula is C29H33BrFN3O4S. The highest BCUT2D eigenvalue weighted by Crippen LogP contribution is 2.23. The van der Waals surface area contributed by atoms with E-state index < -0.39 is 34.3 Å². The van der Waals surface area contributed by atoms with Gasteiger partial charge in [-0.15, -0.1) is 0 Å². The maximum absolute atomic E-state index is 14.8. The van der Waals surface area contributed by atoms with E-state index in [1.165, 1.54) is 11.0 Å². The van der Waals surface area contributed by atoms with Crippen LogP contribution in [0.15, 0.2) is 83.3 Å². The lowest BCUT2D eigenvalue weighted by Crippen LogP contribution is -2.53. The summed E-state index contributed by atoms with van der Waals surface area (Å²) in [5.41, 5.74) is 1.33. The van der Waals surface area contributed by atoms with E-state index in [2.05, 4.69) is 21.2 Å². The van der Waals surface area contributed by atoms with Crippen LogP contribution in [0.1, 0.15) is 30.9 Å². The van der Waals surface area contributed by atoms with Crippen molar-refractivity contribution in [3.05, 3.63) is 100 Å². The fourth-order valence-corrected chi connectivity index (χ4v) is 5.21. The number of amides is 2. The molecule has 1 N–H and O–H groups in total. The van der Waals surface area contributed by atoms with Gasteiger partial charge in [0.15, 0.2) is 0 Å². The summed E-state index contributed by atoms with van der Waals surface area (Å²) in [7, 11) is -3.87. The summed E-state index contributed by atoms with van der Waals surface area (Å²) >= 11 is 3.33. The van der Waals surface area contributed by atoms with Crippen LogP contribution in [0.4, 0.5) is 10.1 Å². The molecule has 1 atom stereocenters. The molecule has 0 aliphatic rings. The maximum atomic E-state index is 14.8. The zero-order valence-electron chi connectivity index (χ0n) is 22.0. The fourth-order valence-electron chi connectivity index (χ4n) is 4.09.